The summed E-state index contributed by atoms with van der Waals surface area (Å²) >= 11 is 0. The lowest BCUT2D eigenvalue weighted by Gasteiger charge is -2.03. The van der Waals surface area contributed by atoms with Gasteiger partial charge in [0.15, 0.2) is 0 Å². The number of nitrogens with zero attached hydrogens (tertiary/aromatic N) is 1. The first-order valence-electron chi connectivity index (χ1n) is 6.61. The lowest BCUT2D eigenvalue weighted by Crippen LogP contribution is -2.30. The first-order chi connectivity index (χ1) is 10.2. The molecule has 3 aromatic rings. The molecule has 104 valence electrons. The van der Waals surface area contributed by atoms with Crippen LogP contribution in [0.1, 0.15) is 20.7 Å². The fourth-order valence-electron chi connectivity index (χ4n) is 2.35. The Morgan fingerprint density at radius 2 is 1.57 bits per heavy atom. The summed E-state index contributed by atoms with van der Waals surface area (Å²) in [6, 6.07) is 16.3. The van der Waals surface area contributed by atoms with E-state index in [1.54, 1.807) is 30.5 Å². The maximum absolute atomic E-state index is 12.3. The summed E-state index contributed by atoms with van der Waals surface area (Å²) in [7, 11) is 1.87. The van der Waals surface area contributed by atoms with Crippen LogP contribution in [0.5, 0.6) is 0 Å². The molecule has 1 N–H and O–H groups in total. The van der Waals surface area contributed by atoms with Gasteiger partial charge in [-0.3, -0.25) is 14.9 Å². The molecule has 0 bridgehead atoms. The third-order valence-corrected chi connectivity index (χ3v) is 3.40. The van der Waals surface area contributed by atoms with E-state index in [2.05, 4.69) is 5.32 Å². The summed E-state index contributed by atoms with van der Waals surface area (Å²) in [6.45, 7) is 0. The molecule has 1 aromatic heterocycles. The van der Waals surface area contributed by atoms with Gasteiger partial charge in [-0.25, -0.2) is 0 Å². The molecule has 0 unspecified atom stereocenters. The zero-order valence-corrected chi connectivity index (χ0v) is 11.5. The normalized spacial score (nSPS) is 10.5. The lowest BCUT2D eigenvalue weighted by molar-refractivity contribution is 0.0850. The number of carbonyl (C=O) groups is 2. The van der Waals surface area contributed by atoms with Crippen LogP contribution in [0, 0.1) is 0 Å². The van der Waals surface area contributed by atoms with E-state index >= 15 is 0 Å². The van der Waals surface area contributed by atoms with Crippen molar-refractivity contribution in [1.29, 1.82) is 0 Å². The second-order valence-electron chi connectivity index (χ2n) is 4.82. The Morgan fingerprint density at radius 1 is 0.905 bits per heavy atom. The quantitative estimate of drug-likeness (QED) is 0.733. The van der Waals surface area contributed by atoms with Crippen molar-refractivity contribution in [3.8, 4) is 0 Å². The predicted molar refractivity (Wildman–Crippen MR) is 81.2 cm³/mol. The number of aryl methyl sites for hydroxylation is 1. The third-order valence-electron chi connectivity index (χ3n) is 3.40. The smallest absolute Gasteiger partial charge is 0.260 e. The standard InChI is InChI=1S/C17H14N2O2/c1-19-11-14(13-9-5-6-10-15(13)19)17(21)18-16(20)12-7-3-2-4-8-12/h2-11H,1H3,(H,18,20,21). The number of benzene rings is 2. The van der Waals surface area contributed by atoms with Crippen LogP contribution >= 0.6 is 0 Å². The van der Waals surface area contributed by atoms with Crippen molar-refractivity contribution in [2.45, 2.75) is 0 Å². The Kier molecular flexibility index (Phi) is 3.28. The van der Waals surface area contributed by atoms with E-state index in [0.717, 1.165) is 10.9 Å². The number of fused-ring (bicyclic) bond motifs is 1. The third kappa shape index (κ3) is 2.43. The molecule has 2 aromatic carbocycles. The van der Waals surface area contributed by atoms with E-state index < -0.39 is 5.91 Å². The SMILES string of the molecule is Cn1cc(C(=O)NC(=O)c2ccccc2)c2ccccc21. The van der Waals surface area contributed by atoms with Gasteiger partial charge in [-0.05, 0) is 18.2 Å². The molecular weight excluding hydrogens is 264 g/mol. The number of amides is 2. The Bertz CT molecular complexity index is 819. The number of aromatic nitrogens is 1. The molecule has 0 radical (unpaired) electrons. The number of para-hydroxylation sites is 1. The average molecular weight is 278 g/mol. The molecule has 0 atom stereocenters. The monoisotopic (exact) mass is 278 g/mol. The first-order valence-corrected chi connectivity index (χ1v) is 6.61. The fraction of sp³-hybridized carbons (Fsp3) is 0.0588. The van der Waals surface area contributed by atoms with Crippen LogP contribution < -0.4 is 5.32 Å². The van der Waals surface area contributed by atoms with Crippen LogP contribution in [0.2, 0.25) is 0 Å². The van der Waals surface area contributed by atoms with E-state index in [-0.39, 0.29) is 5.91 Å². The first kappa shape index (κ1) is 13.1. The maximum Gasteiger partial charge on any atom is 0.260 e. The van der Waals surface area contributed by atoms with Crippen molar-refractivity contribution in [3.05, 3.63) is 71.9 Å². The molecule has 0 fully saturated rings. The molecule has 21 heavy (non-hydrogen) atoms. The summed E-state index contributed by atoms with van der Waals surface area (Å²) in [5, 5.41) is 3.26. The molecule has 1 heterocycles. The van der Waals surface area contributed by atoms with Crippen molar-refractivity contribution in [3.63, 3.8) is 0 Å². The second kappa shape index (κ2) is 5.25. The lowest BCUT2D eigenvalue weighted by atomic mass is 10.1. The summed E-state index contributed by atoms with van der Waals surface area (Å²) in [6.07, 6.45) is 1.73. The minimum absolute atomic E-state index is 0.388. The highest BCUT2D eigenvalue weighted by molar-refractivity contribution is 6.15. The van der Waals surface area contributed by atoms with E-state index in [9.17, 15) is 9.59 Å². The molecule has 0 aliphatic carbocycles. The molecular formula is C17H14N2O2. The van der Waals surface area contributed by atoms with E-state index in [4.69, 9.17) is 0 Å². The molecule has 0 aliphatic heterocycles. The molecule has 0 saturated heterocycles. The summed E-state index contributed by atoms with van der Waals surface area (Å²) < 4.78 is 1.87. The molecule has 0 saturated carbocycles. The van der Waals surface area contributed by atoms with Gasteiger partial charge in [-0.1, -0.05) is 36.4 Å². The number of nitrogens with one attached hydrogen (secondary N) is 1. The van der Waals surface area contributed by atoms with Crippen LogP contribution in [-0.2, 0) is 7.05 Å². The molecule has 2 amide bonds. The summed E-state index contributed by atoms with van der Waals surface area (Å²) in [4.78, 5) is 24.3. The minimum atomic E-state index is -0.395. The minimum Gasteiger partial charge on any atom is -0.350 e. The molecule has 0 spiro atoms. The van der Waals surface area contributed by atoms with E-state index in [0.29, 0.717) is 11.1 Å². The average Bonchev–Trinajstić information content (AvgIpc) is 2.86. The van der Waals surface area contributed by atoms with Crippen molar-refractivity contribution in [2.75, 3.05) is 0 Å². The largest absolute Gasteiger partial charge is 0.350 e. The number of rotatable bonds is 2. The Balaban J connectivity index is 1.90. The number of imide groups is 1. The highest BCUT2D eigenvalue weighted by Gasteiger charge is 2.16. The summed E-state index contributed by atoms with van der Waals surface area (Å²) in [5.74, 6) is -0.783. The van der Waals surface area contributed by atoms with Crippen LogP contribution in [0.3, 0.4) is 0 Å². The maximum atomic E-state index is 12.3. The summed E-state index contributed by atoms with van der Waals surface area (Å²) in [5.41, 5.74) is 1.92. The van der Waals surface area contributed by atoms with Gasteiger partial charge in [-0.15, -0.1) is 0 Å². The van der Waals surface area contributed by atoms with Crippen LogP contribution in [0.4, 0.5) is 0 Å². The van der Waals surface area contributed by atoms with Crippen LogP contribution in [0.15, 0.2) is 60.8 Å². The highest BCUT2D eigenvalue weighted by atomic mass is 16.2. The van der Waals surface area contributed by atoms with Gasteiger partial charge in [-0.2, -0.15) is 0 Å². The van der Waals surface area contributed by atoms with E-state index in [1.165, 1.54) is 0 Å². The second-order valence-corrected chi connectivity index (χ2v) is 4.82. The molecule has 0 aliphatic rings. The van der Waals surface area contributed by atoms with Crippen molar-refractivity contribution >= 4 is 22.7 Å². The highest BCUT2D eigenvalue weighted by Crippen LogP contribution is 2.20. The van der Waals surface area contributed by atoms with Gasteiger partial charge >= 0.3 is 0 Å². The molecule has 3 rings (SSSR count). The number of hydrogen-bond acceptors (Lipinski definition) is 2. The van der Waals surface area contributed by atoms with Crippen molar-refractivity contribution in [2.24, 2.45) is 7.05 Å². The van der Waals surface area contributed by atoms with Gasteiger partial charge in [0.2, 0.25) is 0 Å². The topological polar surface area (TPSA) is 51.1 Å². The Labute approximate surface area is 122 Å². The Morgan fingerprint density at radius 3 is 2.33 bits per heavy atom. The van der Waals surface area contributed by atoms with Gasteiger partial charge < -0.3 is 4.57 Å². The number of carbonyl (C=O) groups excluding carboxylic acids is 2. The van der Waals surface area contributed by atoms with Gasteiger partial charge in [0, 0.05) is 29.7 Å². The van der Waals surface area contributed by atoms with E-state index in [1.807, 2.05) is 41.9 Å². The predicted octanol–water partition coefficient (Wildman–Crippen LogP) is 2.75. The van der Waals surface area contributed by atoms with Crippen LogP contribution in [-0.4, -0.2) is 16.4 Å². The van der Waals surface area contributed by atoms with Crippen LogP contribution in [0.25, 0.3) is 10.9 Å². The zero-order chi connectivity index (χ0) is 14.8. The fourth-order valence-corrected chi connectivity index (χ4v) is 2.35. The van der Waals surface area contributed by atoms with Gasteiger partial charge in [0.1, 0.15) is 0 Å². The van der Waals surface area contributed by atoms with Gasteiger partial charge in [0.05, 0.1) is 5.56 Å². The number of hydrogen-bond donors (Lipinski definition) is 1. The molecule has 4 heteroatoms. The van der Waals surface area contributed by atoms with Crippen molar-refractivity contribution in [1.82, 2.24) is 9.88 Å². The Hall–Kier alpha value is -2.88. The zero-order valence-electron chi connectivity index (χ0n) is 11.5. The van der Waals surface area contributed by atoms with Gasteiger partial charge in [0.25, 0.3) is 11.8 Å². The van der Waals surface area contributed by atoms with Crippen molar-refractivity contribution < 1.29 is 9.59 Å². The molecule has 4 nitrogen and oxygen atoms in total.